The van der Waals surface area contributed by atoms with Crippen LogP contribution in [0.2, 0.25) is 5.02 Å². The largest absolute Gasteiger partial charge is 0.375 e. The maximum Gasteiger partial charge on any atom is 0.141 e. The Morgan fingerprint density at radius 1 is 1.47 bits per heavy atom. The number of aryl methyl sites for hydroxylation is 1. The molecular weight excluding hydrogens is 241 g/mol. The average molecular weight is 254 g/mol. The molecule has 3 nitrogen and oxygen atoms in total. The summed E-state index contributed by atoms with van der Waals surface area (Å²) in [4.78, 5) is 4.25. The lowest BCUT2D eigenvalue weighted by Crippen LogP contribution is -2.11. The number of nitrogens with zero attached hydrogens (tertiary/aromatic N) is 2. The van der Waals surface area contributed by atoms with E-state index in [0.717, 1.165) is 11.5 Å². The first-order valence-corrected chi connectivity index (χ1v) is 5.64. The normalized spacial score (nSPS) is 12.5. The van der Waals surface area contributed by atoms with E-state index in [9.17, 15) is 4.39 Å². The van der Waals surface area contributed by atoms with E-state index in [1.54, 1.807) is 18.3 Å². The van der Waals surface area contributed by atoms with Crippen molar-refractivity contribution in [2.24, 2.45) is 7.05 Å². The molecule has 0 bridgehead atoms. The minimum absolute atomic E-state index is 0.0246. The zero-order chi connectivity index (χ0) is 12.4. The van der Waals surface area contributed by atoms with Crippen LogP contribution in [-0.2, 0) is 7.05 Å². The SMILES string of the molecule is CC(Nc1ccc(F)c(Cl)c1)c1nccn1C. The maximum absolute atomic E-state index is 13.0. The van der Waals surface area contributed by atoms with Gasteiger partial charge in [-0.25, -0.2) is 9.37 Å². The fourth-order valence-corrected chi connectivity index (χ4v) is 1.88. The molecule has 1 atom stereocenters. The van der Waals surface area contributed by atoms with Gasteiger partial charge in [-0.3, -0.25) is 0 Å². The Morgan fingerprint density at radius 2 is 2.24 bits per heavy atom. The van der Waals surface area contributed by atoms with Crippen molar-refractivity contribution in [3.8, 4) is 0 Å². The van der Waals surface area contributed by atoms with Crippen LogP contribution >= 0.6 is 11.6 Å². The van der Waals surface area contributed by atoms with Gasteiger partial charge in [0.1, 0.15) is 11.6 Å². The highest BCUT2D eigenvalue weighted by Gasteiger charge is 2.10. The van der Waals surface area contributed by atoms with Crippen LogP contribution in [-0.4, -0.2) is 9.55 Å². The highest BCUT2D eigenvalue weighted by atomic mass is 35.5. The van der Waals surface area contributed by atoms with Crippen LogP contribution in [0.3, 0.4) is 0 Å². The van der Waals surface area contributed by atoms with E-state index in [4.69, 9.17) is 11.6 Å². The molecule has 0 aliphatic rings. The van der Waals surface area contributed by atoms with Crippen LogP contribution in [0.15, 0.2) is 30.6 Å². The predicted molar refractivity (Wildman–Crippen MR) is 66.7 cm³/mol. The Kier molecular flexibility index (Phi) is 3.33. The van der Waals surface area contributed by atoms with Crippen LogP contribution < -0.4 is 5.32 Å². The summed E-state index contributed by atoms with van der Waals surface area (Å²) in [6, 6.07) is 4.59. The summed E-state index contributed by atoms with van der Waals surface area (Å²) >= 11 is 5.72. The summed E-state index contributed by atoms with van der Waals surface area (Å²) in [7, 11) is 1.93. The summed E-state index contributed by atoms with van der Waals surface area (Å²) in [6.45, 7) is 1.99. The highest BCUT2D eigenvalue weighted by Crippen LogP contribution is 2.22. The van der Waals surface area contributed by atoms with Crippen molar-refractivity contribution < 1.29 is 4.39 Å². The molecule has 0 saturated carbocycles. The molecule has 0 saturated heterocycles. The zero-order valence-electron chi connectivity index (χ0n) is 9.61. The second-order valence-corrected chi connectivity index (χ2v) is 4.30. The number of benzene rings is 1. The summed E-state index contributed by atoms with van der Waals surface area (Å²) in [5.41, 5.74) is 0.770. The van der Waals surface area contributed by atoms with Crippen LogP contribution in [0, 0.1) is 5.82 Å². The molecule has 2 aromatic rings. The van der Waals surface area contributed by atoms with Gasteiger partial charge in [0.15, 0.2) is 0 Å². The Labute approximate surface area is 104 Å². The first kappa shape index (κ1) is 11.9. The molecule has 2 rings (SSSR count). The van der Waals surface area contributed by atoms with Gasteiger partial charge in [0, 0.05) is 25.1 Å². The fraction of sp³-hybridized carbons (Fsp3) is 0.250. The van der Waals surface area contributed by atoms with Gasteiger partial charge in [-0.2, -0.15) is 0 Å². The van der Waals surface area contributed by atoms with Gasteiger partial charge in [0.05, 0.1) is 11.1 Å². The lowest BCUT2D eigenvalue weighted by Gasteiger charge is -2.15. The van der Waals surface area contributed by atoms with Crippen LogP contribution in [0.5, 0.6) is 0 Å². The van der Waals surface area contributed by atoms with Crippen molar-refractivity contribution in [2.75, 3.05) is 5.32 Å². The smallest absolute Gasteiger partial charge is 0.141 e. The van der Waals surface area contributed by atoms with E-state index >= 15 is 0 Å². The number of hydrogen-bond donors (Lipinski definition) is 1. The van der Waals surface area contributed by atoms with Crippen molar-refractivity contribution in [1.29, 1.82) is 0 Å². The molecule has 1 N–H and O–H groups in total. The van der Waals surface area contributed by atoms with Gasteiger partial charge in [-0.05, 0) is 25.1 Å². The van der Waals surface area contributed by atoms with Gasteiger partial charge < -0.3 is 9.88 Å². The fourth-order valence-electron chi connectivity index (χ4n) is 1.69. The minimum atomic E-state index is -0.415. The van der Waals surface area contributed by atoms with E-state index in [1.165, 1.54) is 6.07 Å². The molecular formula is C12H13ClFN3. The monoisotopic (exact) mass is 253 g/mol. The molecule has 1 unspecified atom stereocenters. The van der Waals surface area contributed by atoms with Crippen molar-refractivity contribution >= 4 is 17.3 Å². The molecule has 0 aliphatic heterocycles. The summed E-state index contributed by atoms with van der Waals surface area (Å²) in [5.74, 6) is 0.493. The molecule has 0 radical (unpaired) electrons. The van der Waals surface area contributed by atoms with Gasteiger partial charge >= 0.3 is 0 Å². The van der Waals surface area contributed by atoms with Crippen LogP contribution in [0.4, 0.5) is 10.1 Å². The number of aromatic nitrogens is 2. The lowest BCUT2D eigenvalue weighted by atomic mass is 10.2. The molecule has 90 valence electrons. The van der Waals surface area contributed by atoms with Gasteiger partial charge in [-0.15, -0.1) is 0 Å². The number of rotatable bonds is 3. The average Bonchev–Trinajstić information content (AvgIpc) is 2.70. The Hall–Kier alpha value is -1.55. The second-order valence-electron chi connectivity index (χ2n) is 3.89. The van der Waals surface area contributed by atoms with Gasteiger partial charge in [0.2, 0.25) is 0 Å². The van der Waals surface area contributed by atoms with Gasteiger partial charge in [0.25, 0.3) is 0 Å². The Morgan fingerprint density at radius 3 is 2.82 bits per heavy atom. The minimum Gasteiger partial charge on any atom is -0.375 e. The molecule has 1 aromatic heterocycles. The number of hydrogen-bond acceptors (Lipinski definition) is 2. The number of nitrogens with one attached hydrogen (secondary N) is 1. The van der Waals surface area contributed by atoms with Crippen molar-refractivity contribution in [2.45, 2.75) is 13.0 Å². The predicted octanol–water partition coefficient (Wildman–Crippen LogP) is 3.39. The molecule has 1 aromatic carbocycles. The van der Waals surface area contributed by atoms with E-state index in [2.05, 4.69) is 10.3 Å². The summed E-state index contributed by atoms with van der Waals surface area (Å²) in [6.07, 6.45) is 3.62. The molecule has 0 aliphatic carbocycles. The standard InChI is InChI=1S/C12H13ClFN3/c1-8(12-15-5-6-17(12)2)16-9-3-4-11(14)10(13)7-9/h3-8,16H,1-2H3. The van der Waals surface area contributed by atoms with E-state index in [1.807, 2.05) is 24.7 Å². The molecule has 0 spiro atoms. The number of halogens is 2. The molecule has 1 heterocycles. The molecule has 0 fully saturated rings. The summed E-state index contributed by atoms with van der Waals surface area (Å²) < 4.78 is 14.9. The summed E-state index contributed by atoms with van der Waals surface area (Å²) in [5, 5.41) is 3.33. The first-order chi connectivity index (χ1) is 8.08. The first-order valence-electron chi connectivity index (χ1n) is 5.26. The van der Waals surface area contributed by atoms with Crippen molar-refractivity contribution in [1.82, 2.24) is 9.55 Å². The second kappa shape index (κ2) is 4.75. The van der Waals surface area contributed by atoms with E-state index < -0.39 is 5.82 Å². The van der Waals surface area contributed by atoms with Crippen molar-refractivity contribution in [3.63, 3.8) is 0 Å². The Bertz CT molecular complexity index is 524. The van der Waals surface area contributed by atoms with E-state index in [0.29, 0.717) is 0 Å². The lowest BCUT2D eigenvalue weighted by molar-refractivity contribution is 0.628. The number of imidazole rings is 1. The van der Waals surface area contributed by atoms with E-state index in [-0.39, 0.29) is 11.1 Å². The van der Waals surface area contributed by atoms with Gasteiger partial charge in [-0.1, -0.05) is 11.6 Å². The third kappa shape index (κ3) is 2.58. The quantitative estimate of drug-likeness (QED) is 0.909. The Balaban J connectivity index is 2.16. The number of anilines is 1. The molecule has 0 amide bonds. The topological polar surface area (TPSA) is 29.9 Å². The molecule has 17 heavy (non-hydrogen) atoms. The third-order valence-corrected chi connectivity index (χ3v) is 2.84. The zero-order valence-corrected chi connectivity index (χ0v) is 10.4. The van der Waals surface area contributed by atoms with Crippen LogP contribution in [0.25, 0.3) is 0 Å². The molecule has 5 heteroatoms. The highest BCUT2D eigenvalue weighted by molar-refractivity contribution is 6.31. The van der Waals surface area contributed by atoms with Crippen molar-refractivity contribution in [3.05, 3.63) is 47.3 Å². The maximum atomic E-state index is 13.0. The van der Waals surface area contributed by atoms with Crippen LogP contribution in [0.1, 0.15) is 18.8 Å². The third-order valence-electron chi connectivity index (χ3n) is 2.55.